The minimum Gasteiger partial charge on any atom is -0.411 e. The number of piperidine rings is 1. The predicted octanol–water partition coefficient (Wildman–Crippen LogP) is 6.97. The van der Waals surface area contributed by atoms with Crippen LogP contribution >= 0.6 is 0 Å². The van der Waals surface area contributed by atoms with E-state index in [0.717, 1.165) is 24.1 Å². The van der Waals surface area contributed by atoms with E-state index < -0.39 is 0 Å². The van der Waals surface area contributed by atoms with Crippen LogP contribution in [0.3, 0.4) is 0 Å². The molecule has 0 bridgehead atoms. The summed E-state index contributed by atoms with van der Waals surface area (Å²) in [6.45, 7) is 3.55. The maximum atomic E-state index is 9.35. The second kappa shape index (κ2) is 12.4. The number of hydrogen-bond donors (Lipinski definition) is 1. The van der Waals surface area contributed by atoms with E-state index >= 15 is 0 Å². The van der Waals surface area contributed by atoms with Crippen molar-refractivity contribution in [2.45, 2.75) is 44.4 Å². The highest BCUT2D eigenvalue weighted by Gasteiger charge is 2.28. The number of hydrogen-bond acceptors (Lipinski definition) is 3. The van der Waals surface area contributed by atoms with Gasteiger partial charge in [-0.05, 0) is 74.3 Å². The Labute approximate surface area is 198 Å². The smallest absolute Gasteiger partial charge is 0.0867 e. The van der Waals surface area contributed by atoms with E-state index in [1.165, 1.54) is 56.4 Å². The molecular weight excluding hydrogens is 404 g/mol. The number of unbranched alkanes of at least 4 members (excludes halogenated alkanes) is 2. The van der Waals surface area contributed by atoms with E-state index in [1.807, 2.05) is 30.3 Å². The molecule has 3 nitrogen and oxygen atoms in total. The summed E-state index contributed by atoms with van der Waals surface area (Å²) in [5.74, 6) is 1.18. The highest BCUT2D eigenvalue weighted by molar-refractivity contribution is 6.00. The number of benzene rings is 3. The number of oxime groups is 1. The van der Waals surface area contributed by atoms with Crippen molar-refractivity contribution in [3.05, 3.63) is 108 Å². The maximum absolute atomic E-state index is 9.35. The summed E-state index contributed by atoms with van der Waals surface area (Å²) >= 11 is 0. The molecule has 172 valence electrons. The van der Waals surface area contributed by atoms with Crippen molar-refractivity contribution in [3.63, 3.8) is 0 Å². The van der Waals surface area contributed by atoms with Crippen LogP contribution in [0.5, 0.6) is 0 Å². The summed E-state index contributed by atoms with van der Waals surface area (Å²) in [5, 5.41) is 12.9. The number of nitrogens with zero attached hydrogens (tertiary/aromatic N) is 2. The van der Waals surface area contributed by atoms with Crippen molar-refractivity contribution in [2.75, 3.05) is 19.6 Å². The fourth-order valence-corrected chi connectivity index (χ4v) is 5.25. The molecule has 0 unspecified atom stereocenters. The Morgan fingerprint density at radius 1 is 0.758 bits per heavy atom. The molecule has 0 atom stereocenters. The normalized spacial score (nSPS) is 15.7. The minimum absolute atomic E-state index is 0.490. The van der Waals surface area contributed by atoms with Gasteiger partial charge in [-0.25, -0.2) is 0 Å². The van der Waals surface area contributed by atoms with Gasteiger partial charge in [0.25, 0.3) is 0 Å². The molecule has 0 amide bonds. The second-order valence-electron chi connectivity index (χ2n) is 9.20. The van der Waals surface area contributed by atoms with Gasteiger partial charge in [0, 0.05) is 5.92 Å². The molecule has 3 heteroatoms. The summed E-state index contributed by atoms with van der Waals surface area (Å²) in [6.07, 6.45) is 6.78. The fourth-order valence-electron chi connectivity index (χ4n) is 5.25. The van der Waals surface area contributed by atoms with Gasteiger partial charge in [0.2, 0.25) is 0 Å². The summed E-state index contributed by atoms with van der Waals surface area (Å²) in [5.41, 5.74) is 4.71. The average Bonchev–Trinajstić information content (AvgIpc) is 2.89. The molecule has 33 heavy (non-hydrogen) atoms. The van der Waals surface area contributed by atoms with Gasteiger partial charge in [0.15, 0.2) is 0 Å². The fraction of sp³-hybridized carbons (Fsp3) is 0.367. The first-order chi connectivity index (χ1) is 16.3. The van der Waals surface area contributed by atoms with Crippen molar-refractivity contribution < 1.29 is 5.21 Å². The Hall–Kier alpha value is -2.91. The van der Waals surface area contributed by atoms with Crippen LogP contribution in [0.4, 0.5) is 0 Å². The molecule has 1 aliphatic rings. The lowest BCUT2D eigenvalue weighted by atomic mass is 9.76. The van der Waals surface area contributed by atoms with Crippen LogP contribution in [-0.2, 0) is 0 Å². The van der Waals surface area contributed by atoms with Crippen molar-refractivity contribution >= 4 is 5.71 Å². The maximum Gasteiger partial charge on any atom is 0.0867 e. The molecule has 1 heterocycles. The lowest BCUT2D eigenvalue weighted by Crippen LogP contribution is -2.36. The first-order valence-corrected chi connectivity index (χ1v) is 12.4. The Morgan fingerprint density at radius 3 is 1.85 bits per heavy atom. The molecule has 1 fully saturated rings. The van der Waals surface area contributed by atoms with E-state index in [4.69, 9.17) is 0 Å². The van der Waals surface area contributed by atoms with Crippen LogP contribution in [0.15, 0.2) is 96.2 Å². The van der Waals surface area contributed by atoms with Gasteiger partial charge in [-0.15, -0.1) is 0 Å². The van der Waals surface area contributed by atoms with Gasteiger partial charge in [0.05, 0.1) is 5.71 Å². The Bertz CT molecular complexity index is 924. The standard InChI is InChI=1S/C30H36N2O/c33-31-29(25-13-5-1-6-14-25)19-11-4-12-22-32-23-20-28(21-24-32)30(26-15-7-2-8-16-26)27-17-9-3-10-18-27/h1-3,5-10,13-18,28,30,33H,4,11-12,19-24H2. The third-order valence-corrected chi connectivity index (χ3v) is 7.04. The van der Waals surface area contributed by atoms with Gasteiger partial charge in [-0.3, -0.25) is 0 Å². The van der Waals surface area contributed by atoms with E-state index in [9.17, 15) is 5.21 Å². The molecule has 0 spiro atoms. The van der Waals surface area contributed by atoms with Gasteiger partial charge in [-0.1, -0.05) is 103 Å². The van der Waals surface area contributed by atoms with Crippen LogP contribution in [0, 0.1) is 5.92 Å². The van der Waals surface area contributed by atoms with Crippen molar-refractivity contribution in [2.24, 2.45) is 11.1 Å². The summed E-state index contributed by atoms with van der Waals surface area (Å²) in [4.78, 5) is 2.64. The highest BCUT2D eigenvalue weighted by Crippen LogP contribution is 2.37. The molecule has 0 aliphatic carbocycles. The monoisotopic (exact) mass is 440 g/mol. The van der Waals surface area contributed by atoms with Crippen molar-refractivity contribution in [1.82, 2.24) is 4.90 Å². The largest absolute Gasteiger partial charge is 0.411 e. The van der Waals surface area contributed by atoms with Gasteiger partial charge in [0.1, 0.15) is 0 Å². The van der Waals surface area contributed by atoms with E-state index in [-0.39, 0.29) is 0 Å². The van der Waals surface area contributed by atoms with Crippen LogP contribution in [0.25, 0.3) is 0 Å². The molecule has 0 aromatic heterocycles. The first kappa shape index (κ1) is 23.3. The van der Waals surface area contributed by atoms with Gasteiger partial charge >= 0.3 is 0 Å². The zero-order chi connectivity index (χ0) is 22.7. The molecular formula is C30H36N2O. The SMILES string of the molecule is ON=C(CCCCCN1CCC(C(c2ccccc2)c2ccccc2)CC1)c1ccccc1. The quantitative estimate of drug-likeness (QED) is 0.160. The third-order valence-electron chi connectivity index (χ3n) is 7.04. The van der Waals surface area contributed by atoms with Crippen LogP contribution < -0.4 is 0 Å². The Morgan fingerprint density at radius 2 is 1.30 bits per heavy atom. The average molecular weight is 441 g/mol. The Kier molecular flexibility index (Phi) is 8.71. The molecule has 0 radical (unpaired) electrons. The summed E-state index contributed by atoms with van der Waals surface area (Å²) in [7, 11) is 0. The van der Waals surface area contributed by atoms with Crippen molar-refractivity contribution in [1.29, 1.82) is 0 Å². The number of likely N-dealkylation sites (tertiary alicyclic amines) is 1. The van der Waals surface area contributed by atoms with Crippen LogP contribution in [0.2, 0.25) is 0 Å². The molecule has 4 rings (SSSR count). The highest BCUT2D eigenvalue weighted by atomic mass is 16.4. The first-order valence-electron chi connectivity index (χ1n) is 12.4. The van der Waals surface area contributed by atoms with Crippen LogP contribution in [-0.4, -0.2) is 35.5 Å². The molecule has 3 aromatic carbocycles. The molecule has 1 saturated heterocycles. The van der Waals surface area contributed by atoms with Crippen LogP contribution in [0.1, 0.15) is 61.1 Å². The van der Waals surface area contributed by atoms with Gasteiger partial charge in [-0.2, -0.15) is 0 Å². The molecule has 1 aliphatic heterocycles. The van der Waals surface area contributed by atoms with Crippen molar-refractivity contribution in [3.8, 4) is 0 Å². The molecule has 3 aromatic rings. The zero-order valence-electron chi connectivity index (χ0n) is 19.5. The summed E-state index contributed by atoms with van der Waals surface area (Å²) in [6, 6.07) is 32.1. The Balaban J connectivity index is 1.23. The van der Waals surface area contributed by atoms with E-state index in [0.29, 0.717) is 11.8 Å². The van der Waals surface area contributed by atoms with E-state index in [2.05, 4.69) is 70.7 Å². The summed E-state index contributed by atoms with van der Waals surface area (Å²) < 4.78 is 0. The lowest BCUT2D eigenvalue weighted by molar-refractivity contribution is 0.172. The second-order valence-corrected chi connectivity index (χ2v) is 9.20. The lowest BCUT2D eigenvalue weighted by Gasteiger charge is -2.36. The third kappa shape index (κ3) is 6.55. The minimum atomic E-state index is 0.490. The predicted molar refractivity (Wildman–Crippen MR) is 137 cm³/mol. The topological polar surface area (TPSA) is 35.8 Å². The van der Waals surface area contributed by atoms with Gasteiger partial charge < -0.3 is 10.1 Å². The van der Waals surface area contributed by atoms with E-state index in [1.54, 1.807) is 0 Å². The number of rotatable bonds is 10. The molecule has 0 saturated carbocycles. The molecule has 1 N–H and O–H groups in total. The zero-order valence-corrected chi connectivity index (χ0v) is 19.5.